The highest BCUT2D eigenvalue weighted by Crippen LogP contribution is 2.35. The molecule has 0 unspecified atom stereocenters. The fourth-order valence-electron chi connectivity index (χ4n) is 1.33. The van der Waals surface area contributed by atoms with Crippen molar-refractivity contribution in [2.45, 2.75) is 32.6 Å². The first-order valence-electron chi connectivity index (χ1n) is 4.57. The van der Waals surface area contributed by atoms with Gasteiger partial charge < -0.3 is 10.8 Å². The van der Waals surface area contributed by atoms with Crippen molar-refractivity contribution in [3.05, 3.63) is 23.8 Å². The first-order chi connectivity index (χ1) is 5.99. The van der Waals surface area contributed by atoms with Gasteiger partial charge in [0, 0.05) is 0 Å². The summed E-state index contributed by atoms with van der Waals surface area (Å²) in [6, 6.07) is 5.42. The lowest BCUT2D eigenvalue weighted by Gasteiger charge is -2.25. The van der Waals surface area contributed by atoms with Crippen molar-refractivity contribution in [2.24, 2.45) is 0 Å². The maximum Gasteiger partial charge on any atom is 0.138 e. The summed E-state index contributed by atoms with van der Waals surface area (Å²) < 4.78 is 0. The average Bonchev–Trinajstić information content (AvgIpc) is 2.09. The number of phenols is 1. The minimum Gasteiger partial charge on any atom is -0.506 e. The lowest BCUT2D eigenvalue weighted by atomic mass is 9.81. The molecule has 0 radical (unpaired) electrons. The van der Waals surface area contributed by atoms with Crippen molar-refractivity contribution in [3.63, 3.8) is 0 Å². The maximum atomic E-state index is 9.43. The molecule has 0 heterocycles. The number of rotatable bonds is 2. The fraction of sp³-hybridized carbons (Fsp3) is 0.455. The molecule has 72 valence electrons. The van der Waals surface area contributed by atoms with Crippen LogP contribution in [0.1, 0.15) is 32.8 Å². The SMILES string of the molecule is CCC(C)(C)c1cccc(O)c1N. The molecule has 1 rings (SSSR count). The molecule has 3 N–H and O–H groups in total. The van der Waals surface area contributed by atoms with Crippen LogP contribution in [0.5, 0.6) is 5.75 Å². The van der Waals surface area contributed by atoms with Gasteiger partial charge in [-0.15, -0.1) is 0 Å². The van der Waals surface area contributed by atoms with Gasteiger partial charge in [-0.05, 0) is 23.5 Å². The number of benzene rings is 1. The van der Waals surface area contributed by atoms with Crippen molar-refractivity contribution in [1.29, 1.82) is 0 Å². The Morgan fingerprint density at radius 2 is 2.00 bits per heavy atom. The number of para-hydroxylation sites is 1. The van der Waals surface area contributed by atoms with Crippen LogP contribution in [-0.4, -0.2) is 5.11 Å². The molecule has 13 heavy (non-hydrogen) atoms. The Bertz CT molecular complexity index is 305. The minimum atomic E-state index is 0.0306. The van der Waals surface area contributed by atoms with Crippen molar-refractivity contribution < 1.29 is 5.11 Å². The Hall–Kier alpha value is -1.18. The van der Waals surface area contributed by atoms with Gasteiger partial charge in [-0.3, -0.25) is 0 Å². The average molecular weight is 179 g/mol. The summed E-state index contributed by atoms with van der Waals surface area (Å²) in [6.07, 6.45) is 1.00. The predicted octanol–water partition coefficient (Wildman–Crippen LogP) is 2.66. The summed E-state index contributed by atoms with van der Waals surface area (Å²) in [6.45, 7) is 6.36. The van der Waals surface area contributed by atoms with Gasteiger partial charge in [0.1, 0.15) is 5.75 Å². The molecule has 1 aromatic rings. The number of anilines is 1. The van der Waals surface area contributed by atoms with Crippen molar-refractivity contribution in [2.75, 3.05) is 5.73 Å². The highest BCUT2D eigenvalue weighted by atomic mass is 16.3. The second kappa shape index (κ2) is 3.29. The lowest BCUT2D eigenvalue weighted by molar-refractivity contribution is 0.468. The second-order valence-electron chi connectivity index (χ2n) is 3.98. The maximum absolute atomic E-state index is 9.43. The van der Waals surface area contributed by atoms with E-state index in [9.17, 15) is 5.11 Å². The summed E-state index contributed by atoms with van der Waals surface area (Å²) in [7, 11) is 0. The van der Waals surface area contributed by atoms with Crippen LogP contribution in [-0.2, 0) is 5.41 Å². The third-order valence-corrected chi connectivity index (χ3v) is 2.70. The lowest BCUT2D eigenvalue weighted by Crippen LogP contribution is -2.17. The first-order valence-corrected chi connectivity index (χ1v) is 4.57. The van der Waals surface area contributed by atoms with Gasteiger partial charge in [0.15, 0.2) is 0 Å². The standard InChI is InChI=1S/C11H17NO/c1-4-11(2,3)8-6-5-7-9(13)10(8)12/h5-7,13H,4,12H2,1-3H3. The van der Waals surface area contributed by atoms with E-state index in [-0.39, 0.29) is 11.2 Å². The summed E-state index contributed by atoms with van der Waals surface area (Å²) in [5, 5.41) is 9.43. The Balaban J connectivity index is 3.22. The summed E-state index contributed by atoms with van der Waals surface area (Å²) in [4.78, 5) is 0. The quantitative estimate of drug-likeness (QED) is 0.541. The monoisotopic (exact) mass is 179 g/mol. The van der Waals surface area contributed by atoms with Crippen LogP contribution >= 0.6 is 0 Å². The number of nitrogens with two attached hydrogens (primary N) is 1. The molecule has 0 aliphatic heterocycles. The number of phenolic OH excluding ortho intramolecular Hbond substituents is 1. The van der Waals surface area contributed by atoms with E-state index < -0.39 is 0 Å². The van der Waals surface area contributed by atoms with Gasteiger partial charge in [0.05, 0.1) is 5.69 Å². The van der Waals surface area contributed by atoms with E-state index in [4.69, 9.17) is 5.73 Å². The van der Waals surface area contributed by atoms with E-state index in [1.807, 2.05) is 12.1 Å². The largest absolute Gasteiger partial charge is 0.506 e. The molecule has 0 aliphatic rings. The van der Waals surface area contributed by atoms with E-state index in [2.05, 4.69) is 20.8 Å². The molecule has 2 nitrogen and oxygen atoms in total. The molecule has 0 spiro atoms. The van der Waals surface area contributed by atoms with Crippen LogP contribution < -0.4 is 5.73 Å². The topological polar surface area (TPSA) is 46.2 Å². The molecule has 0 saturated carbocycles. The Labute approximate surface area is 79.4 Å². The highest BCUT2D eigenvalue weighted by Gasteiger charge is 2.21. The van der Waals surface area contributed by atoms with Crippen LogP contribution in [0, 0.1) is 0 Å². The zero-order valence-electron chi connectivity index (χ0n) is 8.46. The molecule has 0 atom stereocenters. The van der Waals surface area contributed by atoms with E-state index >= 15 is 0 Å². The zero-order chi connectivity index (χ0) is 10.1. The molecule has 0 aromatic heterocycles. The van der Waals surface area contributed by atoms with Crippen LogP contribution in [0.25, 0.3) is 0 Å². The smallest absolute Gasteiger partial charge is 0.138 e. The van der Waals surface area contributed by atoms with Crippen molar-refractivity contribution >= 4 is 5.69 Å². The fourth-order valence-corrected chi connectivity index (χ4v) is 1.33. The number of aromatic hydroxyl groups is 1. The molecular weight excluding hydrogens is 162 g/mol. The summed E-state index contributed by atoms with van der Waals surface area (Å²) in [5.41, 5.74) is 7.36. The highest BCUT2D eigenvalue weighted by molar-refractivity contribution is 5.59. The van der Waals surface area contributed by atoms with Gasteiger partial charge in [-0.25, -0.2) is 0 Å². The first kappa shape index (κ1) is 9.90. The van der Waals surface area contributed by atoms with Crippen LogP contribution in [0.4, 0.5) is 5.69 Å². The Morgan fingerprint density at radius 1 is 1.38 bits per heavy atom. The summed E-state index contributed by atoms with van der Waals surface area (Å²) >= 11 is 0. The van der Waals surface area contributed by atoms with Gasteiger partial charge in [-0.2, -0.15) is 0 Å². The summed E-state index contributed by atoms with van der Waals surface area (Å²) in [5.74, 6) is 0.180. The van der Waals surface area contributed by atoms with Gasteiger partial charge in [0.25, 0.3) is 0 Å². The van der Waals surface area contributed by atoms with Crippen LogP contribution in [0.3, 0.4) is 0 Å². The van der Waals surface area contributed by atoms with Gasteiger partial charge in [-0.1, -0.05) is 32.9 Å². The van der Waals surface area contributed by atoms with E-state index in [1.165, 1.54) is 0 Å². The molecule has 0 amide bonds. The molecule has 0 aliphatic carbocycles. The second-order valence-corrected chi connectivity index (χ2v) is 3.98. The molecular formula is C11H17NO. The molecule has 0 bridgehead atoms. The Kier molecular flexibility index (Phi) is 2.50. The molecule has 0 fully saturated rings. The normalized spacial score (nSPS) is 11.6. The van der Waals surface area contributed by atoms with Crippen molar-refractivity contribution in [1.82, 2.24) is 0 Å². The van der Waals surface area contributed by atoms with Crippen LogP contribution in [0.2, 0.25) is 0 Å². The van der Waals surface area contributed by atoms with Gasteiger partial charge >= 0.3 is 0 Å². The van der Waals surface area contributed by atoms with Crippen molar-refractivity contribution in [3.8, 4) is 5.75 Å². The molecule has 2 heteroatoms. The van der Waals surface area contributed by atoms with E-state index in [0.717, 1.165) is 12.0 Å². The number of hydrogen-bond acceptors (Lipinski definition) is 2. The van der Waals surface area contributed by atoms with Gasteiger partial charge in [0.2, 0.25) is 0 Å². The van der Waals surface area contributed by atoms with E-state index in [1.54, 1.807) is 6.07 Å². The molecule has 1 aromatic carbocycles. The number of nitrogen functional groups attached to an aromatic ring is 1. The minimum absolute atomic E-state index is 0.0306. The third kappa shape index (κ3) is 1.77. The third-order valence-electron chi connectivity index (χ3n) is 2.70. The van der Waals surface area contributed by atoms with Crippen LogP contribution in [0.15, 0.2) is 18.2 Å². The van der Waals surface area contributed by atoms with E-state index in [0.29, 0.717) is 5.69 Å². The Morgan fingerprint density at radius 3 is 2.54 bits per heavy atom. The predicted molar refractivity (Wildman–Crippen MR) is 55.8 cm³/mol. The number of hydrogen-bond donors (Lipinski definition) is 2. The molecule has 0 saturated heterocycles. The zero-order valence-corrected chi connectivity index (χ0v) is 8.46.